The molecule has 4 heteroatoms. The minimum Gasteiger partial charge on any atom is -0.212 e. The molecule has 3 nitrogen and oxygen atoms in total. The van der Waals surface area contributed by atoms with Crippen molar-refractivity contribution in [1.82, 2.24) is 14.6 Å². The molecule has 0 aliphatic carbocycles. The summed E-state index contributed by atoms with van der Waals surface area (Å²) in [5, 5.41) is 13.9. The summed E-state index contributed by atoms with van der Waals surface area (Å²) >= 11 is 0. The van der Waals surface area contributed by atoms with E-state index in [0.717, 1.165) is 27.9 Å². The first-order valence-corrected chi connectivity index (χ1v) is 16.3. The maximum Gasteiger partial charge on any atom is 0.182 e. The Bertz CT molecular complexity index is 2000. The van der Waals surface area contributed by atoms with Crippen LogP contribution in [0.4, 0.5) is 0 Å². The van der Waals surface area contributed by atoms with Crippen LogP contribution in [-0.2, 0) is 0 Å². The van der Waals surface area contributed by atoms with Gasteiger partial charge in [-0.3, -0.25) is 0 Å². The highest BCUT2D eigenvalue weighted by molar-refractivity contribution is 7.19. The molecule has 8 aromatic rings. The summed E-state index contributed by atoms with van der Waals surface area (Å²) in [4.78, 5) is 5.09. The molecule has 2 heterocycles. The van der Waals surface area contributed by atoms with Gasteiger partial charge < -0.3 is 0 Å². The van der Waals surface area contributed by atoms with E-state index in [0.29, 0.717) is 0 Å². The fraction of sp³-hybridized carbons (Fsp3) is 0. The van der Waals surface area contributed by atoms with Crippen molar-refractivity contribution in [3.8, 4) is 11.4 Å². The maximum atomic E-state index is 5.09. The van der Waals surface area contributed by atoms with E-state index in [-0.39, 0.29) is 0 Å². The van der Waals surface area contributed by atoms with Gasteiger partial charge in [0, 0.05) is 16.3 Å². The second kappa shape index (κ2) is 9.95. The van der Waals surface area contributed by atoms with Crippen LogP contribution in [0.5, 0.6) is 0 Å². The number of pyridine rings is 1. The predicted octanol–water partition coefficient (Wildman–Crippen LogP) is 6.08. The summed E-state index contributed by atoms with van der Waals surface area (Å²) in [5.74, 6) is 0.731. The van der Waals surface area contributed by atoms with Crippen molar-refractivity contribution in [2.24, 2.45) is 0 Å². The van der Waals surface area contributed by atoms with Crippen molar-refractivity contribution in [2.45, 2.75) is 0 Å². The molecule has 0 unspecified atom stereocenters. The van der Waals surface area contributed by atoms with Crippen molar-refractivity contribution >= 4 is 56.1 Å². The molecule has 0 aliphatic heterocycles. The lowest BCUT2D eigenvalue weighted by Gasteiger charge is -2.34. The van der Waals surface area contributed by atoms with Gasteiger partial charge in [-0.05, 0) is 32.2 Å². The first-order valence-electron chi connectivity index (χ1n) is 14.3. The number of benzene rings is 6. The molecule has 0 aliphatic rings. The summed E-state index contributed by atoms with van der Waals surface area (Å²) in [6.45, 7) is 0. The number of para-hydroxylation sites is 1. The Morgan fingerprint density at radius 1 is 0.405 bits per heavy atom. The minimum atomic E-state index is -2.57. The third-order valence-corrected chi connectivity index (χ3v) is 13.2. The molecule has 42 heavy (non-hydrogen) atoms. The quantitative estimate of drug-likeness (QED) is 0.147. The van der Waals surface area contributed by atoms with Gasteiger partial charge in [-0.15, -0.1) is 5.10 Å². The molecule has 0 fully saturated rings. The van der Waals surface area contributed by atoms with E-state index >= 15 is 0 Å². The number of hydrogen-bond donors (Lipinski definition) is 0. The number of rotatable bonds is 5. The van der Waals surface area contributed by atoms with Gasteiger partial charge in [0.2, 0.25) is 0 Å². The summed E-state index contributed by atoms with van der Waals surface area (Å²) < 4.78 is 2.00. The Morgan fingerprint density at radius 3 is 1.43 bits per heavy atom. The van der Waals surface area contributed by atoms with Crippen molar-refractivity contribution in [3.05, 3.63) is 164 Å². The fourth-order valence-corrected chi connectivity index (χ4v) is 11.3. The topological polar surface area (TPSA) is 30.2 Å². The predicted molar refractivity (Wildman–Crippen MR) is 177 cm³/mol. The van der Waals surface area contributed by atoms with E-state index in [1.54, 1.807) is 0 Å². The Morgan fingerprint density at radius 2 is 0.857 bits per heavy atom. The van der Waals surface area contributed by atoms with Crippen molar-refractivity contribution < 1.29 is 0 Å². The Balaban J connectivity index is 1.34. The van der Waals surface area contributed by atoms with Crippen molar-refractivity contribution in [2.75, 3.05) is 0 Å². The highest BCUT2D eigenvalue weighted by Gasteiger charge is 2.41. The smallest absolute Gasteiger partial charge is 0.182 e. The molecule has 0 spiro atoms. The molecule has 8 rings (SSSR count). The van der Waals surface area contributed by atoms with E-state index in [2.05, 4.69) is 164 Å². The Hall–Kier alpha value is -5.32. The Kier molecular flexibility index (Phi) is 5.80. The van der Waals surface area contributed by atoms with Gasteiger partial charge >= 0.3 is 0 Å². The van der Waals surface area contributed by atoms with Crippen molar-refractivity contribution in [1.29, 1.82) is 0 Å². The lowest BCUT2D eigenvalue weighted by molar-refractivity contribution is 1.01. The van der Waals surface area contributed by atoms with E-state index < -0.39 is 8.07 Å². The highest BCUT2D eigenvalue weighted by atomic mass is 28.3. The molecular weight excluding hydrogens is 527 g/mol. The summed E-state index contributed by atoms with van der Waals surface area (Å²) in [5.41, 5.74) is 2.95. The van der Waals surface area contributed by atoms with Crippen LogP contribution in [-0.4, -0.2) is 22.7 Å². The lowest BCUT2D eigenvalue weighted by Crippen LogP contribution is -2.74. The van der Waals surface area contributed by atoms with Crippen LogP contribution in [0.3, 0.4) is 0 Å². The number of hydrogen-bond acceptors (Lipinski definition) is 2. The zero-order valence-corrected chi connectivity index (χ0v) is 23.9. The molecular formula is C38H27N3Si. The third kappa shape index (κ3) is 3.73. The highest BCUT2D eigenvalue weighted by Crippen LogP contribution is 2.29. The first-order chi connectivity index (χ1) is 20.8. The summed E-state index contributed by atoms with van der Waals surface area (Å²) in [6, 6.07) is 58.9. The average Bonchev–Trinajstić information content (AvgIpc) is 3.53. The molecule has 0 saturated heterocycles. The van der Waals surface area contributed by atoms with Gasteiger partial charge in [-0.1, -0.05) is 158 Å². The number of nitrogens with zero attached hydrogens (tertiary/aromatic N) is 3. The lowest BCUT2D eigenvalue weighted by atomic mass is 10.1. The van der Waals surface area contributed by atoms with E-state index in [1.807, 2.05) is 4.52 Å². The summed E-state index contributed by atoms with van der Waals surface area (Å²) in [6.07, 6.45) is 0. The van der Waals surface area contributed by atoms with Gasteiger partial charge in [0.15, 0.2) is 19.5 Å². The Labute approximate surface area is 245 Å². The van der Waals surface area contributed by atoms with Crippen LogP contribution >= 0.6 is 0 Å². The molecule has 0 radical (unpaired) electrons. The standard InChI is InChI=1S/C38H27N3Si/c1-4-14-29(15-5-1)42(30-16-6-2-7-17-30,31-18-8-3-9-19-31)32-26-24-28(25-27-32)37-39-38-35-22-11-10-20-33(35)34-21-12-13-23-36(34)41(38)40-37/h1-27H. The fourth-order valence-electron chi connectivity index (χ4n) is 6.51. The summed E-state index contributed by atoms with van der Waals surface area (Å²) in [7, 11) is -2.57. The van der Waals surface area contributed by atoms with Crippen LogP contribution in [0.2, 0.25) is 0 Å². The van der Waals surface area contributed by atoms with Crippen LogP contribution in [0.1, 0.15) is 0 Å². The molecule has 0 atom stereocenters. The molecule has 0 amide bonds. The van der Waals surface area contributed by atoms with Gasteiger partial charge in [0.05, 0.1) is 5.52 Å². The monoisotopic (exact) mass is 553 g/mol. The molecule has 2 aromatic heterocycles. The SMILES string of the molecule is c1ccc([Si](c2ccccc2)(c2ccccc2)c2ccc(-c3nc4c5ccccc5c5ccccc5n4n3)cc2)cc1. The van der Waals surface area contributed by atoms with Gasteiger partial charge in [-0.2, -0.15) is 0 Å². The maximum absolute atomic E-state index is 5.09. The molecule has 0 bridgehead atoms. The molecule has 0 saturated carbocycles. The van der Waals surface area contributed by atoms with Gasteiger partial charge in [-0.25, -0.2) is 9.50 Å². The molecule has 0 N–H and O–H groups in total. The molecule has 6 aromatic carbocycles. The van der Waals surface area contributed by atoms with E-state index in [9.17, 15) is 0 Å². The van der Waals surface area contributed by atoms with Crippen LogP contribution in [0, 0.1) is 0 Å². The van der Waals surface area contributed by atoms with Gasteiger partial charge in [0.25, 0.3) is 0 Å². The van der Waals surface area contributed by atoms with E-state index in [1.165, 1.54) is 31.5 Å². The van der Waals surface area contributed by atoms with E-state index in [4.69, 9.17) is 10.1 Å². The average molecular weight is 554 g/mol. The molecule has 198 valence electrons. The second-order valence-corrected chi connectivity index (χ2v) is 14.5. The normalized spacial score (nSPS) is 11.8. The second-order valence-electron chi connectivity index (χ2n) is 10.7. The largest absolute Gasteiger partial charge is 0.212 e. The zero-order chi connectivity index (χ0) is 27.9. The van der Waals surface area contributed by atoms with Crippen molar-refractivity contribution in [3.63, 3.8) is 0 Å². The van der Waals surface area contributed by atoms with Crippen LogP contribution in [0.25, 0.3) is 38.7 Å². The number of fused-ring (bicyclic) bond motifs is 6. The van der Waals surface area contributed by atoms with Crippen LogP contribution < -0.4 is 20.7 Å². The number of aromatic nitrogens is 3. The zero-order valence-electron chi connectivity index (χ0n) is 22.9. The third-order valence-electron chi connectivity index (χ3n) is 8.39. The van der Waals surface area contributed by atoms with Crippen LogP contribution in [0.15, 0.2) is 164 Å². The first kappa shape index (κ1) is 24.5. The van der Waals surface area contributed by atoms with Gasteiger partial charge in [0.1, 0.15) is 0 Å². The minimum absolute atomic E-state index is 0.731.